The molecular weight excluding hydrogens is 232 g/mol. The molecule has 0 aromatic carbocycles. The van der Waals surface area contributed by atoms with Crippen molar-refractivity contribution in [3.8, 4) is 0 Å². The maximum absolute atomic E-state index is 12.2. The lowest BCUT2D eigenvalue weighted by Crippen LogP contribution is -2.35. The van der Waals surface area contributed by atoms with Gasteiger partial charge >= 0.3 is 11.9 Å². The zero-order chi connectivity index (χ0) is 13.9. The van der Waals surface area contributed by atoms with Gasteiger partial charge in [-0.3, -0.25) is 4.79 Å². The van der Waals surface area contributed by atoms with Crippen molar-refractivity contribution in [2.24, 2.45) is 17.3 Å². The molecule has 104 valence electrons. The highest BCUT2D eigenvalue weighted by Gasteiger charge is 2.37. The van der Waals surface area contributed by atoms with E-state index in [1.54, 1.807) is 0 Å². The number of ether oxygens (including phenoxy) is 2. The van der Waals surface area contributed by atoms with E-state index in [9.17, 15) is 9.59 Å². The number of hydrogen-bond donors (Lipinski definition) is 0. The van der Waals surface area contributed by atoms with E-state index in [2.05, 4.69) is 13.8 Å². The first-order valence-corrected chi connectivity index (χ1v) is 6.59. The van der Waals surface area contributed by atoms with Gasteiger partial charge in [0.1, 0.15) is 0 Å². The Bertz CT molecular complexity index is 314. The number of carbonyl (C=O) groups is 2. The summed E-state index contributed by atoms with van der Waals surface area (Å²) < 4.78 is 10.1. The van der Waals surface area contributed by atoms with E-state index in [0.717, 1.165) is 6.42 Å². The standard InChI is InChI=1S/C14H24O4/c1-9(2)8-10(14(3,4)5)12(15)18-11-6-7-17-13(11)16/h9-11H,6-8H2,1-5H3. The third-order valence-electron chi connectivity index (χ3n) is 3.18. The molecule has 0 amide bonds. The minimum absolute atomic E-state index is 0.163. The van der Waals surface area contributed by atoms with Crippen molar-refractivity contribution in [2.45, 2.75) is 53.6 Å². The Balaban J connectivity index is 2.67. The van der Waals surface area contributed by atoms with E-state index in [-0.39, 0.29) is 17.3 Å². The summed E-state index contributed by atoms with van der Waals surface area (Å²) in [5, 5.41) is 0. The molecule has 2 unspecified atom stereocenters. The fourth-order valence-electron chi connectivity index (χ4n) is 2.08. The van der Waals surface area contributed by atoms with Crippen molar-refractivity contribution in [3.05, 3.63) is 0 Å². The number of hydrogen-bond acceptors (Lipinski definition) is 4. The molecule has 0 aromatic rings. The zero-order valence-electron chi connectivity index (χ0n) is 12.0. The average Bonchev–Trinajstić information content (AvgIpc) is 2.59. The van der Waals surface area contributed by atoms with Crippen LogP contribution in [0.2, 0.25) is 0 Å². The number of carbonyl (C=O) groups excluding carboxylic acids is 2. The van der Waals surface area contributed by atoms with Gasteiger partial charge in [0, 0.05) is 6.42 Å². The van der Waals surface area contributed by atoms with Gasteiger partial charge in [0.25, 0.3) is 0 Å². The molecule has 0 bridgehead atoms. The topological polar surface area (TPSA) is 52.6 Å². The van der Waals surface area contributed by atoms with Gasteiger partial charge in [-0.15, -0.1) is 0 Å². The number of esters is 2. The van der Waals surface area contributed by atoms with E-state index in [0.29, 0.717) is 18.9 Å². The maximum Gasteiger partial charge on any atom is 0.347 e. The molecule has 1 fully saturated rings. The molecule has 18 heavy (non-hydrogen) atoms. The van der Waals surface area contributed by atoms with Gasteiger partial charge in [-0.1, -0.05) is 34.6 Å². The lowest BCUT2D eigenvalue weighted by Gasteiger charge is -2.30. The fraction of sp³-hybridized carbons (Fsp3) is 0.857. The van der Waals surface area contributed by atoms with Crippen LogP contribution in [-0.2, 0) is 19.1 Å². The van der Waals surface area contributed by atoms with Gasteiger partial charge < -0.3 is 9.47 Å². The fourth-order valence-corrected chi connectivity index (χ4v) is 2.08. The molecule has 1 saturated heterocycles. The maximum atomic E-state index is 12.2. The summed E-state index contributed by atoms with van der Waals surface area (Å²) in [5.74, 6) is -0.469. The van der Waals surface area contributed by atoms with Crippen LogP contribution in [-0.4, -0.2) is 24.6 Å². The highest BCUT2D eigenvalue weighted by Crippen LogP contribution is 2.33. The van der Waals surface area contributed by atoms with Crippen molar-refractivity contribution in [1.29, 1.82) is 0 Å². The van der Waals surface area contributed by atoms with Crippen LogP contribution in [0.25, 0.3) is 0 Å². The summed E-state index contributed by atoms with van der Waals surface area (Å²) in [6, 6.07) is 0. The third kappa shape index (κ3) is 4.00. The van der Waals surface area contributed by atoms with Crippen molar-refractivity contribution < 1.29 is 19.1 Å². The highest BCUT2D eigenvalue weighted by molar-refractivity contribution is 5.81. The largest absolute Gasteiger partial charge is 0.463 e. The molecule has 0 N–H and O–H groups in total. The van der Waals surface area contributed by atoms with E-state index in [1.807, 2.05) is 20.8 Å². The van der Waals surface area contributed by atoms with E-state index >= 15 is 0 Å². The Morgan fingerprint density at radius 3 is 2.44 bits per heavy atom. The van der Waals surface area contributed by atoms with Crippen LogP contribution in [0.3, 0.4) is 0 Å². The Morgan fingerprint density at radius 2 is 2.06 bits per heavy atom. The molecule has 0 aromatic heterocycles. The minimum atomic E-state index is -0.700. The second-order valence-electron chi connectivity index (χ2n) is 6.43. The molecule has 4 heteroatoms. The highest BCUT2D eigenvalue weighted by atomic mass is 16.6. The van der Waals surface area contributed by atoms with E-state index in [1.165, 1.54) is 0 Å². The molecule has 0 spiro atoms. The van der Waals surface area contributed by atoms with Crippen LogP contribution in [0.4, 0.5) is 0 Å². The minimum Gasteiger partial charge on any atom is -0.463 e. The SMILES string of the molecule is CC(C)CC(C(=O)OC1CCOC1=O)C(C)(C)C. The molecule has 1 aliphatic rings. The van der Waals surface area contributed by atoms with E-state index < -0.39 is 12.1 Å². The summed E-state index contributed by atoms with van der Waals surface area (Å²) in [5.41, 5.74) is -0.163. The molecule has 2 atom stereocenters. The van der Waals surface area contributed by atoms with Crippen LogP contribution in [0.5, 0.6) is 0 Å². The van der Waals surface area contributed by atoms with Crippen molar-refractivity contribution >= 4 is 11.9 Å². The smallest absolute Gasteiger partial charge is 0.347 e. The first kappa shape index (κ1) is 15.0. The predicted molar refractivity (Wildman–Crippen MR) is 67.9 cm³/mol. The van der Waals surface area contributed by atoms with Gasteiger partial charge in [-0.25, -0.2) is 4.79 Å². The Labute approximate surface area is 109 Å². The normalized spacial score (nSPS) is 21.9. The predicted octanol–water partition coefficient (Wildman–Crippen LogP) is 2.55. The molecule has 4 nitrogen and oxygen atoms in total. The Hall–Kier alpha value is -1.06. The van der Waals surface area contributed by atoms with Crippen LogP contribution >= 0.6 is 0 Å². The average molecular weight is 256 g/mol. The van der Waals surface area contributed by atoms with Gasteiger partial charge in [0.2, 0.25) is 6.10 Å². The van der Waals surface area contributed by atoms with Crippen molar-refractivity contribution in [2.75, 3.05) is 6.61 Å². The first-order valence-electron chi connectivity index (χ1n) is 6.59. The second kappa shape index (κ2) is 5.72. The number of rotatable bonds is 4. The summed E-state index contributed by atoms with van der Waals surface area (Å²) >= 11 is 0. The summed E-state index contributed by atoms with van der Waals surface area (Å²) in [7, 11) is 0. The van der Waals surface area contributed by atoms with Crippen LogP contribution in [0, 0.1) is 17.3 Å². The lowest BCUT2D eigenvalue weighted by molar-refractivity contribution is -0.166. The van der Waals surface area contributed by atoms with Gasteiger partial charge in [-0.05, 0) is 17.8 Å². The summed E-state index contributed by atoms with van der Waals surface area (Å²) in [6.07, 6.45) is 0.544. The Kier molecular flexibility index (Phi) is 4.77. The lowest BCUT2D eigenvalue weighted by atomic mass is 9.76. The molecule has 1 aliphatic heterocycles. The molecular formula is C14H24O4. The third-order valence-corrected chi connectivity index (χ3v) is 3.18. The van der Waals surface area contributed by atoms with Gasteiger partial charge in [0.15, 0.2) is 0 Å². The van der Waals surface area contributed by atoms with Gasteiger partial charge in [-0.2, -0.15) is 0 Å². The van der Waals surface area contributed by atoms with Crippen LogP contribution in [0.1, 0.15) is 47.5 Å². The summed E-state index contributed by atoms with van der Waals surface area (Å²) in [6.45, 7) is 10.6. The van der Waals surface area contributed by atoms with Crippen molar-refractivity contribution in [1.82, 2.24) is 0 Å². The molecule has 1 heterocycles. The quantitative estimate of drug-likeness (QED) is 0.725. The van der Waals surface area contributed by atoms with Crippen molar-refractivity contribution in [3.63, 3.8) is 0 Å². The second-order valence-corrected chi connectivity index (χ2v) is 6.43. The monoisotopic (exact) mass is 256 g/mol. The summed E-state index contributed by atoms with van der Waals surface area (Å²) in [4.78, 5) is 23.5. The van der Waals surface area contributed by atoms with Crippen LogP contribution < -0.4 is 0 Å². The van der Waals surface area contributed by atoms with E-state index in [4.69, 9.17) is 9.47 Å². The number of cyclic esters (lactones) is 1. The Morgan fingerprint density at radius 1 is 1.44 bits per heavy atom. The molecule has 0 aliphatic carbocycles. The molecule has 0 radical (unpaired) electrons. The molecule has 1 rings (SSSR count). The molecule has 0 saturated carbocycles. The first-order chi connectivity index (χ1) is 8.21. The zero-order valence-corrected chi connectivity index (χ0v) is 12.0. The van der Waals surface area contributed by atoms with Crippen LogP contribution in [0.15, 0.2) is 0 Å². The van der Waals surface area contributed by atoms with Gasteiger partial charge in [0.05, 0.1) is 12.5 Å².